The summed E-state index contributed by atoms with van der Waals surface area (Å²) in [6, 6.07) is 20.3. The Morgan fingerprint density at radius 2 is 1.65 bits per heavy atom. The fourth-order valence-electron chi connectivity index (χ4n) is 2.94. The van der Waals surface area contributed by atoms with Crippen molar-refractivity contribution < 1.29 is 9.68 Å². The van der Waals surface area contributed by atoms with Gasteiger partial charge < -0.3 is 9.68 Å². The van der Waals surface area contributed by atoms with Crippen LogP contribution in [0, 0.1) is 0 Å². The van der Waals surface area contributed by atoms with Crippen molar-refractivity contribution in [2.45, 2.75) is 25.9 Å². The lowest BCUT2D eigenvalue weighted by atomic mass is 9.74. The molecule has 1 fully saturated rings. The van der Waals surface area contributed by atoms with Gasteiger partial charge in [0.15, 0.2) is 0 Å². The molecule has 0 bridgehead atoms. The third-order valence-corrected chi connectivity index (χ3v) is 4.02. The molecule has 1 saturated heterocycles. The van der Waals surface area contributed by atoms with Crippen molar-refractivity contribution in [2.24, 2.45) is 0 Å². The first-order valence-corrected chi connectivity index (χ1v) is 7.93. The van der Waals surface area contributed by atoms with Crippen molar-refractivity contribution >= 4 is 18.8 Å². The maximum absolute atomic E-state index is 10.3. The number of rotatable bonds is 3. The van der Waals surface area contributed by atoms with E-state index in [1.165, 1.54) is 0 Å². The number of hydrogen-bond acceptors (Lipinski definition) is 2. The van der Waals surface area contributed by atoms with Gasteiger partial charge in [-0.15, -0.1) is 0 Å². The standard InChI is InChI=1S/C20H21BO2/c1-20(2)15-19(21(22)23-20)18(17-11-7-4-8-12-17)14-13-16-9-5-3-6-10-16/h3-14,22H,15H2,1-2H3/b14-13+,19-18+. The van der Waals surface area contributed by atoms with E-state index in [0.717, 1.165) is 28.6 Å². The minimum absolute atomic E-state index is 0.338. The van der Waals surface area contributed by atoms with Crippen molar-refractivity contribution in [1.29, 1.82) is 0 Å². The molecule has 3 heteroatoms. The summed E-state index contributed by atoms with van der Waals surface area (Å²) >= 11 is 0. The van der Waals surface area contributed by atoms with E-state index in [0.29, 0.717) is 0 Å². The molecular formula is C20H21BO2. The van der Waals surface area contributed by atoms with Crippen molar-refractivity contribution in [2.75, 3.05) is 0 Å². The SMILES string of the molecule is CC1(C)C/C(=C(/C=C/c2ccccc2)c2ccccc2)B(O)O1. The summed E-state index contributed by atoms with van der Waals surface area (Å²) in [5.74, 6) is 0. The van der Waals surface area contributed by atoms with Crippen LogP contribution in [0.2, 0.25) is 0 Å². The Morgan fingerprint density at radius 3 is 2.22 bits per heavy atom. The number of hydrogen-bond donors (Lipinski definition) is 1. The molecule has 0 saturated carbocycles. The lowest BCUT2D eigenvalue weighted by Gasteiger charge is -2.16. The summed E-state index contributed by atoms with van der Waals surface area (Å²) in [7, 11) is -0.847. The summed E-state index contributed by atoms with van der Waals surface area (Å²) in [5.41, 5.74) is 3.86. The Hall–Kier alpha value is -2.10. The highest BCUT2D eigenvalue weighted by Gasteiger charge is 2.40. The molecule has 2 aromatic rings. The molecule has 1 heterocycles. The maximum atomic E-state index is 10.3. The highest BCUT2D eigenvalue weighted by molar-refractivity contribution is 6.55. The Balaban J connectivity index is 2.04. The predicted molar refractivity (Wildman–Crippen MR) is 96.6 cm³/mol. The zero-order valence-corrected chi connectivity index (χ0v) is 13.6. The van der Waals surface area contributed by atoms with E-state index in [-0.39, 0.29) is 5.60 Å². The summed E-state index contributed by atoms with van der Waals surface area (Å²) in [6.07, 6.45) is 4.87. The van der Waals surface area contributed by atoms with E-state index in [4.69, 9.17) is 4.65 Å². The highest BCUT2D eigenvalue weighted by atomic mass is 16.5. The highest BCUT2D eigenvalue weighted by Crippen LogP contribution is 2.36. The van der Waals surface area contributed by atoms with Crippen LogP contribution in [0.1, 0.15) is 31.4 Å². The molecule has 23 heavy (non-hydrogen) atoms. The number of allylic oxidation sites excluding steroid dienone is 2. The van der Waals surface area contributed by atoms with Crippen LogP contribution in [-0.2, 0) is 4.65 Å². The van der Waals surface area contributed by atoms with Crippen LogP contribution in [0.5, 0.6) is 0 Å². The van der Waals surface area contributed by atoms with Crippen LogP contribution in [-0.4, -0.2) is 17.7 Å². The molecule has 1 N–H and O–H groups in total. The van der Waals surface area contributed by atoms with Gasteiger partial charge in [-0.3, -0.25) is 0 Å². The lowest BCUT2D eigenvalue weighted by Crippen LogP contribution is -2.22. The zero-order chi connectivity index (χ0) is 16.3. The zero-order valence-electron chi connectivity index (χ0n) is 13.6. The van der Waals surface area contributed by atoms with Gasteiger partial charge in [0.2, 0.25) is 0 Å². The van der Waals surface area contributed by atoms with Gasteiger partial charge in [-0.2, -0.15) is 0 Å². The first kappa shape index (κ1) is 15.8. The normalized spacial score (nSPS) is 19.3. The second-order valence-electron chi connectivity index (χ2n) is 6.46. The summed E-state index contributed by atoms with van der Waals surface area (Å²) in [4.78, 5) is 0. The molecule has 0 atom stereocenters. The molecule has 0 unspecified atom stereocenters. The quantitative estimate of drug-likeness (QED) is 0.853. The average molecular weight is 304 g/mol. The van der Waals surface area contributed by atoms with E-state index in [2.05, 4.69) is 36.4 Å². The van der Waals surface area contributed by atoms with Crippen molar-refractivity contribution in [3.63, 3.8) is 0 Å². The van der Waals surface area contributed by atoms with E-state index in [1.54, 1.807) is 0 Å². The fourth-order valence-corrected chi connectivity index (χ4v) is 2.94. The van der Waals surface area contributed by atoms with E-state index in [9.17, 15) is 5.02 Å². The van der Waals surface area contributed by atoms with Crippen LogP contribution in [0.15, 0.2) is 72.2 Å². The van der Waals surface area contributed by atoms with Crippen LogP contribution >= 0.6 is 0 Å². The van der Waals surface area contributed by atoms with Gasteiger partial charge in [0.1, 0.15) is 0 Å². The lowest BCUT2D eigenvalue weighted by molar-refractivity contribution is 0.115. The fraction of sp³-hybridized carbons (Fsp3) is 0.200. The summed E-state index contributed by atoms with van der Waals surface area (Å²) in [6.45, 7) is 4.01. The maximum Gasteiger partial charge on any atom is 0.488 e. The summed E-state index contributed by atoms with van der Waals surface area (Å²) < 4.78 is 5.68. The Kier molecular flexibility index (Phi) is 4.51. The minimum Gasteiger partial charge on any atom is -0.423 e. The second kappa shape index (κ2) is 6.57. The molecule has 1 aliphatic rings. The van der Waals surface area contributed by atoms with Gasteiger partial charge in [-0.05, 0) is 42.4 Å². The molecule has 2 aromatic carbocycles. The molecule has 0 aromatic heterocycles. The minimum atomic E-state index is -0.847. The molecule has 0 aliphatic carbocycles. The first-order chi connectivity index (χ1) is 11.1. The van der Waals surface area contributed by atoms with Gasteiger partial charge >= 0.3 is 7.12 Å². The molecule has 1 aliphatic heterocycles. The van der Waals surface area contributed by atoms with Gasteiger partial charge in [0, 0.05) is 0 Å². The molecule has 2 nitrogen and oxygen atoms in total. The smallest absolute Gasteiger partial charge is 0.423 e. The predicted octanol–water partition coefficient (Wildman–Crippen LogP) is 4.37. The van der Waals surface area contributed by atoms with Gasteiger partial charge in [0.25, 0.3) is 0 Å². The van der Waals surface area contributed by atoms with Crippen LogP contribution < -0.4 is 0 Å². The van der Waals surface area contributed by atoms with Gasteiger partial charge in [-0.25, -0.2) is 0 Å². The molecule has 0 spiro atoms. The molecule has 116 valence electrons. The van der Waals surface area contributed by atoms with E-state index in [1.807, 2.05) is 50.2 Å². The van der Waals surface area contributed by atoms with E-state index >= 15 is 0 Å². The Bertz CT molecular complexity index is 718. The van der Waals surface area contributed by atoms with Crippen LogP contribution in [0.4, 0.5) is 0 Å². The average Bonchev–Trinajstić information content (AvgIpc) is 2.82. The third kappa shape index (κ3) is 3.81. The van der Waals surface area contributed by atoms with Crippen molar-refractivity contribution in [1.82, 2.24) is 0 Å². The monoisotopic (exact) mass is 304 g/mol. The first-order valence-electron chi connectivity index (χ1n) is 7.93. The Labute approximate surface area is 138 Å². The van der Waals surface area contributed by atoms with E-state index < -0.39 is 7.12 Å². The van der Waals surface area contributed by atoms with Gasteiger partial charge in [0.05, 0.1) is 5.60 Å². The largest absolute Gasteiger partial charge is 0.488 e. The topological polar surface area (TPSA) is 29.5 Å². The van der Waals surface area contributed by atoms with Crippen molar-refractivity contribution in [3.8, 4) is 0 Å². The second-order valence-corrected chi connectivity index (χ2v) is 6.46. The molecule has 0 amide bonds. The third-order valence-electron chi connectivity index (χ3n) is 4.02. The number of benzene rings is 2. The van der Waals surface area contributed by atoms with Crippen molar-refractivity contribution in [3.05, 3.63) is 83.3 Å². The van der Waals surface area contributed by atoms with Crippen LogP contribution in [0.25, 0.3) is 11.6 Å². The van der Waals surface area contributed by atoms with Crippen LogP contribution in [0.3, 0.4) is 0 Å². The summed E-state index contributed by atoms with van der Waals surface area (Å²) in [5, 5.41) is 10.3. The molecular weight excluding hydrogens is 283 g/mol. The molecule has 0 radical (unpaired) electrons. The molecule has 3 rings (SSSR count). The van der Waals surface area contributed by atoms with Gasteiger partial charge in [-0.1, -0.05) is 72.8 Å². The Morgan fingerprint density at radius 1 is 1.04 bits per heavy atom.